The van der Waals surface area contributed by atoms with Crippen LogP contribution in [0.4, 0.5) is 0 Å². The van der Waals surface area contributed by atoms with Crippen molar-refractivity contribution in [2.45, 2.75) is 25.7 Å². The van der Waals surface area contributed by atoms with Crippen LogP contribution in [0.5, 0.6) is 5.88 Å². The minimum atomic E-state index is -0.0508. The zero-order valence-electron chi connectivity index (χ0n) is 12.7. The second-order valence-corrected chi connectivity index (χ2v) is 5.31. The summed E-state index contributed by atoms with van der Waals surface area (Å²) in [4.78, 5) is 22.8. The summed E-state index contributed by atoms with van der Waals surface area (Å²) in [5.41, 5.74) is 0.497. The highest BCUT2D eigenvalue weighted by molar-refractivity contribution is 5.96. The van der Waals surface area contributed by atoms with E-state index in [0.717, 1.165) is 12.8 Å². The van der Waals surface area contributed by atoms with Crippen LogP contribution >= 0.6 is 0 Å². The van der Waals surface area contributed by atoms with E-state index in [1.807, 2.05) is 4.90 Å². The quantitative estimate of drug-likeness (QED) is 0.860. The molecule has 0 unspecified atom stereocenters. The Kier molecular flexibility index (Phi) is 4.04. The van der Waals surface area contributed by atoms with Crippen molar-refractivity contribution >= 4 is 5.91 Å². The van der Waals surface area contributed by atoms with Gasteiger partial charge in [0.15, 0.2) is 5.82 Å². The lowest BCUT2D eigenvalue weighted by Crippen LogP contribution is -2.38. The molecule has 1 amide bonds. The molecule has 116 valence electrons. The first-order valence-corrected chi connectivity index (χ1v) is 7.27. The van der Waals surface area contributed by atoms with E-state index in [9.17, 15) is 4.79 Å². The summed E-state index contributed by atoms with van der Waals surface area (Å²) in [6.45, 7) is 3.12. The fourth-order valence-corrected chi connectivity index (χ4v) is 2.70. The van der Waals surface area contributed by atoms with Crippen molar-refractivity contribution in [2.75, 3.05) is 20.2 Å². The summed E-state index contributed by atoms with van der Waals surface area (Å²) >= 11 is 0. The number of piperidine rings is 1. The molecule has 2 aromatic rings. The second kappa shape index (κ2) is 6.13. The van der Waals surface area contributed by atoms with Gasteiger partial charge < -0.3 is 14.2 Å². The highest BCUT2D eigenvalue weighted by Crippen LogP contribution is 2.28. The van der Waals surface area contributed by atoms with E-state index in [2.05, 4.69) is 15.1 Å². The maximum atomic E-state index is 12.6. The van der Waals surface area contributed by atoms with E-state index in [-0.39, 0.29) is 11.8 Å². The standard InChI is InChI=1S/C15H18N4O3/c1-10-17-13(22-18-10)11-5-8-19(9-6-11)15(20)12-4-3-7-16-14(12)21-2/h3-4,7,11H,5-6,8-9H2,1-2H3. The molecule has 0 bridgehead atoms. The van der Waals surface area contributed by atoms with Crippen molar-refractivity contribution in [1.29, 1.82) is 0 Å². The van der Waals surface area contributed by atoms with Crippen LogP contribution in [0.3, 0.4) is 0 Å². The van der Waals surface area contributed by atoms with E-state index in [1.54, 1.807) is 25.3 Å². The smallest absolute Gasteiger partial charge is 0.259 e. The first kappa shape index (κ1) is 14.5. The van der Waals surface area contributed by atoms with Crippen LogP contribution in [0.15, 0.2) is 22.9 Å². The van der Waals surface area contributed by atoms with Crippen LogP contribution in [-0.4, -0.2) is 46.1 Å². The third-order valence-corrected chi connectivity index (χ3v) is 3.87. The molecule has 3 heterocycles. The average Bonchev–Trinajstić information content (AvgIpc) is 3.01. The zero-order valence-corrected chi connectivity index (χ0v) is 12.7. The average molecular weight is 302 g/mol. The van der Waals surface area contributed by atoms with E-state index >= 15 is 0 Å². The van der Waals surface area contributed by atoms with Gasteiger partial charge in [-0.3, -0.25) is 4.79 Å². The first-order valence-electron chi connectivity index (χ1n) is 7.27. The van der Waals surface area contributed by atoms with Gasteiger partial charge in [0.1, 0.15) is 5.56 Å². The molecule has 1 saturated heterocycles. The summed E-state index contributed by atoms with van der Waals surface area (Å²) in [7, 11) is 1.52. The molecule has 0 N–H and O–H groups in total. The lowest BCUT2D eigenvalue weighted by molar-refractivity contribution is 0.0700. The second-order valence-electron chi connectivity index (χ2n) is 5.31. The number of aromatic nitrogens is 3. The molecule has 3 rings (SSSR count). The maximum Gasteiger partial charge on any atom is 0.259 e. The van der Waals surface area contributed by atoms with E-state index < -0.39 is 0 Å². The Labute approximate surface area is 128 Å². The molecule has 0 aliphatic carbocycles. The molecule has 0 radical (unpaired) electrons. The van der Waals surface area contributed by atoms with Crippen LogP contribution in [-0.2, 0) is 0 Å². The predicted molar refractivity (Wildman–Crippen MR) is 77.7 cm³/mol. The van der Waals surface area contributed by atoms with Gasteiger partial charge in [0.2, 0.25) is 11.8 Å². The Balaban J connectivity index is 1.67. The number of hydrogen-bond acceptors (Lipinski definition) is 6. The minimum Gasteiger partial charge on any atom is -0.480 e. The van der Waals surface area contributed by atoms with Gasteiger partial charge in [0.05, 0.1) is 7.11 Å². The molecule has 1 fully saturated rings. The number of pyridine rings is 1. The van der Waals surface area contributed by atoms with Crippen LogP contribution in [0.25, 0.3) is 0 Å². The molecule has 22 heavy (non-hydrogen) atoms. The van der Waals surface area contributed by atoms with Gasteiger partial charge in [-0.25, -0.2) is 4.98 Å². The highest BCUT2D eigenvalue weighted by Gasteiger charge is 2.28. The Morgan fingerprint density at radius 3 is 2.82 bits per heavy atom. The summed E-state index contributed by atoms with van der Waals surface area (Å²) in [5.74, 6) is 1.85. The van der Waals surface area contributed by atoms with Gasteiger partial charge >= 0.3 is 0 Å². The fourth-order valence-electron chi connectivity index (χ4n) is 2.70. The SMILES string of the molecule is COc1ncccc1C(=O)N1CCC(c2nc(C)no2)CC1. The Morgan fingerprint density at radius 2 is 2.18 bits per heavy atom. The van der Waals surface area contributed by atoms with Crippen LogP contribution in [0.2, 0.25) is 0 Å². The van der Waals surface area contributed by atoms with Crippen molar-refractivity contribution in [3.05, 3.63) is 35.6 Å². The summed E-state index contributed by atoms with van der Waals surface area (Å²) in [6, 6.07) is 3.48. The van der Waals surface area contributed by atoms with Crippen molar-refractivity contribution < 1.29 is 14.1 Å². The number of aryl methyl sites for hydroxylation is 1. The van der Waals surface area contributed by atoms with Crippen molar-refractivity contribution in [1.82, 2.24) is 20.0 Å². The van der Waals surface area contributed by atoms with Gasteiger partial charge in [-0.15, -0.1) is 0 Å². The first-order chi connectivity index (χ1) is 10.7. The highest BCUT2D eigenvalue weighted by atomic mass is 16.5. The number of methoxy groups -OCH3 is 1. The van der Waals surface area contributed by atoms with Crippen molar-refractivity contribution in [2.24, 2.45) is 0 Å². The molecule has 1 aliphatic heterocycles. The van der Waals surface area contributed by atoms with Crippen LogP contribution in [0.1, 0.15) is 40.8 Å². The largest absolute Gasteiger partial charge is 0.480 e. The fraction of sp³-hybridized carbons (Fsp3) is 0.467. The number of nitrogens with zero attached hydrogens (tertiary/aromatic N) is 4. The zero-order chi connectivity index (χ0) is 15.5. The number of hydrogen-bond donors (Lipinski definition) is 0. The molecule has 2 aromatic heterocycles. The third-order valence-electron chi connectivity index (χ3n) is 3.87. The molecule has 7 heteroatoms. The Bertz CT molecular complexity index is 662. The Hall–Kier alpha value is -2.44. The summed E-state index contributed by atoms with van der Waals surface area (Å²) in [6.07, 6.45) is 3.24. The number of carbonyl (C=O) groups is 1. The van der Waals surface area contributed by atoms with Gasteiger partial charge in [-0.2, -0.15) is 4.98 Å². The lowest BCUT2D eigenvalue weighted by Gasteiger charge is -2.30. The lowest BCUT2D eigenvalue weighted by atomic mass is 9.96. The van der Waals surface area contributed by atoms with E-state index in [0.29, 0.717) is 36.2 Å². The summed E-state index contributed by atoms with van der Waals surface area (Å²) in [5, 5.41) is 3.82. The molecular weight excluding hydrogens is 284 g/mol. The topological polar surface area (TPSA) is 81.4 Å². The number of likely N-dealkylation sites (tertiary alicyclic amines) is 1. The van der Waals surface area contributed by atoms with Crippen molar-refractivity contribution in [3.63, 3.8) is 0 Å². The third kappa shape index (κ3) is 2.79. The Morgan fingerprint density at radius 1 is 1.41 bits per heavy atom. The predicted octanol–water partition coefficient (Wildman–Crippen LogP) is 1.80. The van der Waals surface area contributed by atoms with E-state index in [4.69, 9.17) is 9.26 Å². The molecule has 0 saturated carbocycles. The number of rotatable bonds is 3. The van der Waals surface area contributed by atoms with Gasteiger partial charge in [0, 0.05) is 25.2 Å². The molecule has 0 aromatic carbocycles. The number of amides is 1. The molecule has 1 aliphatic rings. The normalized spacial score (nSPS) is 15.8. The maximum absolute atomic E-state index is 12.6. The van der Waals surface area contributed by atoms with Crippen LogP contribution < -0.4 is 4.74 Å². The van der Waals surface area contributed by atoms with Gasteiger partial charge in [0.25, 0.3) is 5.91 Å². The number of carbonyl (C=O) groups excluding carboxylic acids is 1. The molecule has 0 atom stereocenters. The minimum absolute atomic E-state index is 0.0508. The van der Waals surface area contributed by atoms with E-state index in [1.165, 1.54) is 7.11 Å². The monoisotopic (exact) mass is 302 g/mol. The van der Waals surface area contributed by atoms with Crippen molar-refractivity contribution in [3.8, 4) is 5.88 Å². The molecular formula is C15H18N4O3. The van der Waals surface area contributed by atoms with Gasteiger partial charge in [-0.05, 0) is 31.9 Å². The molecule has 7 nitrogen and oxygen atoms in total. The number of ether oxygens (including phenoxy) is 1. The van der Waals surface area contributed by atoms with Crippen LogP contribution in [0, 0.1) is 6.92 Å². The van der Waals surface area contributed by atoms with Gasteiger partial charge in [-0.1, -0.05) is 5.16 Å². The molecule has 0 spiro atoms. The summed E-state index contributed by atoms with van der Waals surface area (Å²) < 4.78 is 10.4.